The summed E-state index contributed by atoms with van der Waals surface area (Å²) in [6.07, 6.45) is 1.90. The maximum Gasteiger partial charge on any atom is 0.306 e. The lowest BCUT2D eigenvalue weighted by atomic mass is 10.1. The van der Waals surface area contributed by atoms with E-state index < -0.39 is 28.9 Å². The van der Waals surface area contributed by atoms with Gasteiger partial charge in [-0.05, 0) is 20.3 Å². The maximum absolute atomic E-state index is 14.1. The molecule has 1 aromatic carbocycles. The zero-order chi connectivity index (χ0) is 24.4. The van der Waals surface area contributed by atoms with Crippen molar-refractivity contribution in [3.05, 3.63) is 52.7 Å². The van der Waals surface area contributed by atoms with Crippen LogP contribution in [0.4, 0.5) is 19.0 Å². The van der Waals surface area contributed by atoms with Crippen molar-refractivity contribution in [1.82, 2.24) is 24.5 Å². The molecule has 0 aliphatic carbocycles. The van der Waals surface area contributed by atoms with Crippen molar-refractivity contribution < 1.29 is 27.5 Å². The predicted octanol–water partition coefficient (Wildman–Crippen LogP) is 2.31. The number of amides is 1. The molecular weight excluding hydrogens is 453 g/mol. The molecule has 3 heterocycles. The summed E-state index contributed by atoms with van der Waals surface area (Å²) in [4.78, 5) is 36.6. The first kappa shape index (κ1) is 23.5. The summed E-state index contributed by atoms with van der Waals surface area (Å²) in [6, 6.07) is 0.979. The van der Waals surface area contributed by atoms with Gasteiger partial charge in [-0.2, -0.15) is 14.6 Å². The highest BCUT2D eigenvalue weighted by atomic mass is 19.1. The Morgan fingerprint density at radius 1 is 1.09 bits per heavy atom. The number of fused-ring (bicyclic) bond motifs is 1. The zero-order valence-electron chi connectivity index (χ0n) is 18.7. The molecule has 12 heteroatoms. The third-order valence-electron chi connectivity index (χ3n) is 5.68. The molecule has 0 atom stereocenters. The number of aromatic nitrogens is 4. The van der Waals surface area contributed by atoms with Crippen molar-refractivity contribution in [1.29, 1.82) is 0 Å². The van der Waals surface area contributed by atoms with Gasteiger partial charge in [-0.1, -0.05) is 0 Å². The highest BCUT2D eigenvalue weighted by Gasteiger charge is 2.29. The molecule has 0 spiro atoms. The minimum atomic E-state index is -1.24. The molecule has 0 N–H and O–H groups in total. The number of hydrogen-bond donors (Lipinski definition) is 0. The number of piperazine rings is 1. The molecule has 1 amide bonds. The summed E-state index contributed by atoms with van der Waals surface area (Å²) in [7, 11) is 0. The van der Waals surface area contributed by atoms with Crippen LogP contribution in [0.2, 0.25) is 0 Å². The number of hydrogen-bond acceptors (Lipinski definition) is 7. The first-order valence-electron chi connectivity index (χ1n) is 10.8. The second-order valence-electron chi connectivity index (χ2n) is 7.80. The van der Waals surface area contributed by atoms with Gasteiger partial charge in [0.05, 0.1) is 6.61 Å². The van der Waals surface area contributed by atoms with Crippen LogP contribution >= 0.6 is 0 Å². The number of halogens is 3. The van der Waals surface area contributed by atoms with Gasteiger partial charge in [0, 0.05) is 56.0 Å². The first-order valence-corrected chi connectivity index (χ1v) is 10.8. The zero-order valence-corrected chi connectivity index (χ0v) is 18.7. The molecule has 34 heavy (non-hydrogen) atoms. The Morgan fingerprint density at radius 3 is 2.41 bits per heavy atom. The van der Waals surface area contributed by atoms with Crippen LogP contribution in [0.1, 0.15) is 35.0 Å². The number of anilines is 1. The molecule has 9 nitrogen and oxygen atoms in total. The summed E-state index contributed by atoms with van der Waals surface area (Å²) in [5.41, 5.74) is 0.707. The number of benzene rings is 1. The average molecular weight is 476 g/mol. The van der Waals surface area contributed by atoms with Crippen molar-refractivity contribution in [2.24, 2.45) is 0 Å². The molecule has 0 radical (unpaired) electrons. The van der Waals surface area contributed by atoms with E-state index in [-0.39, 0.29) is 32.1 Å². The van der Waals surface area contributed by atoms with Crippen molar-refractivity contribution in [2.75, 3.05) is 37.7 Å². The van der Waals surface area contributed by atoms with Crippen LogP contribution in [0.5, 0.6) is 0 Å². The fraction of sp³-hybridized carbons (Fsp3) is 0.409. The number of ether oxygens (including phenoxy) is 1. The Balaban J connectivity index is 1.57. The first-order chi connectivity index (χ1) is 16.3. The van der Waals surface area contributed by atoms with E-state index in [2.05, 4.69) is 15.1 Å². The highest BCUT2D eigenvalue weighted by Crippen LogP contribution is 2.27. The average Bonchev–Trinajstić information content (AvgIpc) is 3.24. The Labute approximate surface area is 193 Å². The van der Waals surface area contributed by atoms with E-state index in [9.17, 15) is 22.8 Å². The van der Waals surface area contributed by atoms with Crippen LogP contribution in [0.3, 0.4) is 0 Å². The number of rotatable bonds is 6. The van der Waals surface area contributed by atoms with Gasteiger partial charge in [0.1, 0.15) is 35.2 Å². The van der Waals surface area contributed by atoms with E-state index in [0.717, 1.165) is 5.56 Å². The van der Waals surface area contributed by atoms with Gasteiger partial charge in [-0.15, -0.1) is 0 Å². The summed E-state index contributed by atoms with van der Waals surface area (Å²) in [5, 5.41) is 4.26. The normalized spacial score (nSPS) is 14.0. The molecule has 2 aromatic heterocycles. The predicted molar refractivity (Wildman–Crippen MR) is 115 cm³/mol. The number of aryl methyl sites for hydroxylation is 1. The Bertz CT molecular complexity index is 1220. The second-order valence-corrected chi connectivity index (χ2v) is 7.80. The summed E-state index contributed by atoms with van der Waals surface area (Å²) in [5.74, 6) is -3.65. The molecule has 180 valence electrons. The number of carbonyl (C=O) groups is 2. The van der Waals surface area contributed by atoms with Crippen molar-refractivity contribution in [2.45, 2.75) is 26.7 Å². The minimum absolute atomic E-state index is 0.158. The van der Waals surface area contributed by atoms with Gasteiger partial charge >= 0.3 is 5.97 Å². The molecule has 0 unspecified atom stereocenters. The van der Waals surface area contributed by atoms with Crippen LogP contribution < -0.4 is 4.90 Å². The summed E-state index contributed by atoms with van der Waals surface area (Å²) < 4.78 is 48.0. The van der Waals surface area contributed by atoms with E-state index in [0.29, 0.717) is 48.9 Å². The van der Waals surface area contributed by atoms with Gasteiger partial charge < -0.3 is 14.5 Å². The quantitative estimate of drug-likeness (QED) is 0.504. The molecule has 4 rings (SSSR count). The van der Waals surface area contributed by atoms with E-state index in [1.54, 1.807) is 11.4 Å². The Morgan fingerprint density at radius 2 is 1.76 bits per heavy atom. The lowest BCUT2D eigenvalue weighted by molar-refractivity contribution is -0.143. The SMILES string of the molecule is CCOC(=O)CCc1c(C)nc2ncnn2c1N1CCN(C(=O)c2c(F)cc(F)cc2F)CC1. The van der Waals surface area contributed by atoms with Gasteiger partial charge in [-0.25, -0.2) is 18.2 Å². The fourth-order valence-corrected chi connectivity index (χ4v) is 4.07. The number of nitrogens with zero attached hydrogens (tertiary/aromatic N) is 6. The van der Waals surface area contributed by atoms with Crippen molar-refractivity contribution in [3.8, 4) is 0 Å². The monoisotopic (exact) mass is 476 g/mol. The van der Waals surface area contributed by atoms with E-state index in [1.807, 2.05) is 11.8 Å². The van der Waals surface area contributed by atoms with Gasteiger partial charge in [0.25, 0.3) is 11.7 Å². The molecule has 1 aliphatic heterocycles. The van der Waals surface area contributed by atoms with Crippen LogP contribution in [0.15, 0.2) is 18.5 Å². The standard InChI is InChI=1S/C22H23F3N6O3/c1-3-34-18(32)5-4-15-13(2)28-22-26-12-27-31(22)20(15)29-6-8-30(9-7-29)21(33)19-16(24)10-14(23)11-17(19)25/h10-12H,3-9H2,1-2H3. The fourth-order valence-electron chi connectivity index (χ4n) is 4.07. The smallest absolute Gasteiger partial charge is 0.306 e. The molecule has 1 saturated heterocycles. The molecule has 1 aliphatic rings. The lowest BCUT2D eigenvalue weighted by Gasteiger charge is -2.37. The van der Waals surface area contributed by atoms with Crippen LogP contribution in [0.25, 0.3) is 5.78 Å². The lowest BCUT2D eigenvalue weighted by Crippen LogP contribution is -2.50. The van der Waals surface area contributed by atoms with E-state index in [4.69, 9.17) is 4.74 Å². The van der Waals surface area contributed by atoms with E-state index >= 15 is 0 Å². The van der Waals surface area contributed by atoms with E-state index in [1.165, 1.54) is 11.2 Å². The molecule has 0 bridgehead atoms. The number of carbonyl (C=O) groups excluding carboxylic acids is 2. The topological polar surface area (TPSA) is 92.9 Å². The van der Waals surface area contributed by atoms with Gasteiger partial charge in [0.2, 0.25) is 0 Å². The minimum Gasteiger partial charge on any atom is -0.466 e. The maximum atomic E-state index is 14.1. The van der Waals surface area contributed by atoms with Gasteiger partial charge in [0.15, 0.2) is 0 Å². The van der Waals surface area contributed by atoms with Crippen molar-refractivity contribution in [3.63, 3.8) is 0 Å². The molecule has 3 aromatic rings. The van der Waals surface area contributed by atoms with Crippen LogP contribution in [-0.4, -0.2) is 69.1 Å². The van der Waals surface area contributed by atoms with Gasteiger partial charge in [-0.3, -0.25) is 9.59 Å². The highest BCUT2D eigenvalue weighted by molar-refractivity contribution is 5.95. The third-order valence-corrected chi connectivity index (χ3v) is 5.68. The van der Waals surface area contributed by atoms with Crippen LogP contribution in [0, 0.1) is 24.4 Å². The Kier molecular flexibility index (Phi) is 6.66. The molecule has 0 saturated carbocycles. The second kappa shape index (κ2) is 9.65. The molecule has 1 fully saturated rings. The van der Waals surface area contributed by atoms with Crippen molar-refractivity contribution >= 4 is 23.5 Å². The Hall–Kier alpha value is -3.70. The number of esters is 1. The largest absolute Gasteiger partial charge is 0.466 e. The molecular formula is C22H23F3N6O3. The van der Waals surface area contributed by atoms with Crippen LogP contribution in [-0.2, 0) is 16.0 Å². The summed E-state index contributed by atoms with van der Waals surface area (Å²) >= 11 is 0. The summed E-state index contributed by atoms with van der Waals surface area (Å²) in [6.45, 7) is 4.85. The third kappa shape index (κ3) is 4.52.